The Morgan fingerprint density at radius 3 is 2.65 bits per heavy atom. The van der Waals surface area contributed by atoms with Crippen molar-refractivity contribution in [1.29, 1.82) is 0 Å². The van der Waals surface area contributed by atoms with Crippen LogP contribution in [0.3, 0.4) is 0 Å². The zero-order valence-corrected chi connectivity index (χ0v) is 14.0. The van der Waals surface area contributed by atoms with E-state index in [1.54, 1.807) is 0 Å². The summed E-state index contributed by atoms with van der Waals surface area (Å²) >= 11 is 2.06. The van der Waals surface area contributed by atoms with Crippen molar-refractivity contribution in [2.75, 3.05) is 18.1 Å². The van der Waals surface area contributed by atoms with Gasteiger partial charge in [0.15, 0.2) is 0 Å². The van der Waals surface area contributed by atoms with Gasteiger partial charge in [-0.25, -0.2) is 0 Å². The number of hydrogen-bond acceptors (Lipinski definition) is 3. The van der Waals surface area contributed by atoms with Crippen LogP contribution in [0, 0.1) is 11.8 Å². The standard InChI is InChI=1S/C16H30N2OS/c1-4-5-6-14-16(19)18(15(17-14)12(2)3)11-13-7-9-20-10-8-13/h12-15,17H,4-11H2,1-3H3. The van der Waals surface area contributed by atoms with Crippen molar-refractivity contribution < 1.29 is 4.79 Å². The molecule has 2 saturated heterocycles. The van der Waals surface area contributed by atoms with Gasteiger partial charge in [-0.15, -0.1) is 0 Å². The van der Waals surface area contributed by atoms with E-state index in [0.29, 0.717) is 17.7 Å². The first-order valence-electron chi connectivity index (χ1n) is 8.27. The lowest BCUT2D eigenvalue weighted by Crippen LogP contribution is -2.44. The van der Waals surface area contributed by atoms with Gasteiger partial charge in [-0.1, -0.05) is 33.6 Å². The Morgan fingerprint density at radius 2 is 2.05 bits per heavy atom. The van der Waals surface area contributed by atoms with Crippen LogP contribution in [0.1, 0.15) is 52.9 Å². The molecule has 0 aromatic heterocycles. The first kappa shape index (κ1) is 16.2. The lowest BCUT2D eigenvalue weighted by molar-refractivity contribution is -0.131. The summed E-state index contributed by atoms with van der Waals surface area (Å²) in [5.74, 6) is 4.10. The summed E-state index contributed by atoms with van der Waals surface area (Å²) < 4.78 is 0. The Balaban J connectivity index is 1.97. The fourth-order valence-corrected chi connectivity index (χ4v) is 4.49. The van der Waals surface area contributed by atoms with Crippen molar-refractivity contribution >= 4 is 17.7 Å². The molecule has 2 fully saturated rings. The molecule has 0 aromatic carbocycles. The Hall–Kier alpha value is -0.220. The lowest BCUT2D eigenvalue weighted by atomic mass is 10.0. The second kappa shape index (κ2) is 7.69. The highest BCUT2D eigenvalue weighted by Gasteiger charge is 2.40. The van der Waals surface area contributed by atoms with Gasteiger partial charge in [-0.05, 0) is 42.6 Å². The summed E-state index contributed by atoms with van der Waals surface area (Å²) in [6, 6.07) is 0.0697. The maximum atomic E-state index is 12.7. The van der Waals surface area contributed by atoms with Crippen molar-refractivity contribution in [1.82, 2.24) is 10.2 Å². The molecule has 0 aliphatic carbocycles. The minimum atomic E-state index is 0.0697. The van der Waals surface area contributed by atoms with Gasteiger partial charge in [0.05, 0.1) is 12.2 Å². The molecule has 20 heavy (non-hydrogen) atoms. The fraction of sp³-hybridized carbons (Fsp3) is 0.938. The van der Waals surface area contributed by atoms with Crippen LogP contribution < -0.4 is 5.32 Å². The summed E-state index contributed by atoms with van der Waals surface area (Å²) in [4.78, 5) is 14.8. The smallest absolute Gasteiger partial charge is 0.241 e. The normalized spacial score (nSPS) is 28.6. The highest BCUT2D eigenvalue weighted by atomic mass is 32.2. The van der Waals surface area contributed by atoms with Crippen LogP contribution in [-0.2, 0) is 4.79 Å². The number of carbonyl (C=O) groups is 1. The Labute approximate surface area is 128 Å². The third-order valence-corrected chi connectivity index (χ3v) is 5.61. The second-order valence-corrected chi connectivity index (χ2v) is 7.82. The van der Waals surface area contributed by atoms with Gasteiger partial charge in [0, 0.05) is 6.54 Å². The van der Waals surface area contributed by atoms with E-state index in [4.69, 9.17) is 0 Å². The number of amides is 1. The molecular formula is C16H30N2OS. The van der Waals surface area contributed by atoms with Gasteiger partial charge >= 0.3 is 0 Å². The Kier molecular flexibility index (Phi) is 6.21. The van der Waals surface area contributed by atoms with Gasteiger partial charge in [0.25, 0.3) is 0 Å². The van der Waals surface area contributed by atoms with E-state index >= 15 is 0 Å². The van der Waals surface area contributed by atoms with Crippen LogP contribution >= 0.6 is 11.8 Å². The monoisotopic (exact) mass is 298 g/mol. The molecule has 0 saturated carbocycles. The van der Waals surface area contributed by atoms with E-state index in [0.717, 1.165) is 25.8 Å². The predicted molar refractivity (Wildman–Crippen MR) is 86.8 cm³/mol. The minimum absolute atomic E-state index is 0.0697. The van der Waals surface area contributed by atoms with Crippen LogP contribution in [0.4, 0.5) is 0 Å². The van der Waals surface area contributed by atoms with E-state index in [9.17, 15) is 4.79 Å². The number of nitrogens with one attached hydrogen (secondary N) is 1. The van der Waals surface area contributed by atoms with Crippen molar-refractivity contribution in [3.8, 4) is 0 Å². The number of carbonyl (C=O) groups excluding carboxylic acids is 1. The number of thioether (sulfide) groups is 1. The molecule has 3 nitrogen and oxygen atoms in total. The van der Waals surface area contributed by atoms with Crippen molar-refractivity contribution in [2.24, 2.45) is 11.8 Å². The molecule has 2 rings (SSSR count). The summed E-state index contributed by atoms with van der Waals surface area (Å²) in [6.45, 7) is 7.60. The van der Waals surface area contributed by atoms with Gasteiger partial charge in [0.2, 0.25) is 5.91 Å². The van der Waals surface area contributed by atoms with Crippen molar-refractivity contribution in [3.05, 3.63) is 0 Å². The van der Waals surface area contributed by atoms with Crippen LogP contribution in [0.5, 0.6) is 0 Å². The van der Waals surface area contributed by atoms with Crippen molar-refractivity contribution in [2.45, 2.75) is 65.1 Å². The molecule has 2 aliphatic heterocycles. The van der Waals surface area contributed by atoms with Crippen LogP contribution in [0.25, 0.3) is 0 Å². The number of rotatable bonds is 6. The molecule has 2 atom stereocenters. The topological polar surface area (TPSA) is 32.3 Å². The molecule has 1 N–H and O–H groups in total. The molecule has 116 valence electrons. The summed E-state index contributed by atoms with van der Waals surface area (Å²) in [7, 11) is 0. The molecule has 0 radical (unpaired) electrons. The van der Waals surface area contributed by atoms with Crippen LogP contribution in [0.2, 0.25) is 0 Å². The summed E-state index contributed by atoms with van der Waals surface area (Å²) in [5, 5.41) is 3.59. The maximum absolute atomic E-state index is 12.7. The van der Waals surface area contributed by atoms with E-state index < -0.39 is 0 Å². The highest BCUT2D eigenvalue weighted by Crippen LogP contribution is 2.27. The average Bonchev–Trinajstić information content (AvgIpc) is 2.75. The van der Waals surface area contributed by atoms with Crippen LogP contribution in [-0.4, -0.2) is 41.1 Å². The van der Waals surface area contributed by atoms with Crippen LogP contribution in [0.15, 0.2) is 0 Å². The first-order valence-corrected chi connectivity index (χ1v) is 9.43. The Morgan fingerprint density at radius 1 is 1.35 bits per heavy atom. The molecule has 0 aromatic rings. The molecule has 2 heterocycles. The quantitative estimate of drug-likeness (QED) is 0.818. The largest absolute Gasteiger partial charge is 0.325 e. The van der Waals surface area contributed by atoms with Gasteiger partial charge in [-0.2, -0.15) is 11.8 Å². The molecule has 1 amide bonds. The summed E-state index contributed by atoms with van der Waals surface area (Å²) in [6.07, 6.45) is 6.10. The third kappa shape index (κ3) is 3.91. The first-order chi connectivity index (χ1) is 9.63. The molecule has 4 heteroatoms. The summed E-state index contributed by atoms with van der Waals surface area (Å²) in [5.41, 5.74) is 0. The van der Waals surface area contributed by atoms with E-state index in [1.165, 1.54) is 24.3 Å². The fourth-order valence-electron chi connectivity index (χ4n) is 3.28. The van der Waals surface area contributed by atoms with Gasteiger partial charge < -0.3 is 4.90 Å². The van der Waals surface area contributed by atoms with Gasteiger partial charge in [0.1, 0.15) is 0 Å². The Bertz CT molecular complexity index is 316. The third-order valence-electron chi connectivity index (χ3n) is 4.56. The molecule has 2 unspecified atom stereocenters. The average molecular weight is 298 g/mol. The number of unbranched alkanes of at least 4 members (excludes halogenated alkanes) is 1. The van der Waals surface area contributed by atoms with E-state index in [2.05, 4.69) is 42.7 Å². The SMILES string of the molecule is CCCCC1NC(C(C)C)N(CC2CCSCC2)C1=O. The maximum Gasteiger partial charge on any atom is 0.241 e. The zero-order chi connectivity index (χ0) is 14.5. The second-order valence-electron chi connectivity index (χ2n) is 6.60. The van der Waals surface area contributed by atoms with E-state index in [1.807, 2.05) is 0 Å². The molecule has 0 spiro atoms. The molecule has 2 aliphatic rings. The molecule has 0 bridgehead atoms. The van der Waals surface area contributed by atoms with E-state index in [-0.39, 0.29) is 12.2 Å². The van der Waals surface area contributed by atoms with Gasteiger partial charge in [-0.3, -0.25) is 10.1 Å². The predicted octanol–water partition coefficient (Wildman–Crippen LogP) is 3.10. The highest BCUT2D eigenvalue weighted by molar-refractivity contribution is 7.99. The number of hydrogen-bond donors (Lipinski definition) is 1. The molecular weight excluding hydrogens is 268 g/mol. The number of nitrogens with zero attached hydrogens (tertiary/aromatic N) is 1. The minimum Gasteiger partial charge on any atom is -0.325 e. The zero-order valence-electron chi connectivity index (χ0n) is 13.2. The lowest BCUT2D eigenvalue weighted by Gasteiger charge is -2.32. The van der Waals surface area contributed by atoms with Crippen molar-refractivity contribution in [3.63, 3.8) is 0 Å².